The second-order valence-corrected chi connectivity index (χ2v) is 4.21. The normalized spacial score (nSPS) is 9.95. The number of benzene rings is 1. The Balaban J connectivity index is 0.00000191. The summed E-state index contributed by atoms with van der Waals surface area (Å²) in [6, 6.07) is 6.31. The summed E-state index contributed by atoms with van der Waals surface area (Å²) < 4.78 is 18.2. The van der Waals surface area contributed by atoms with Crippen LogP contribution in [0.1, 0.15) is 50.9 Å². The molecule has 1 rings (SSSR count). The van der Waals surface area contributed by atoms with E-state index in [1.54, 1.807) is 6.07 Å². The van der Waals surface area contributed by atoms with E-state index in [2.05, 4.69) is 16.1 Å². The van der Waals surface area contributed by atoms with Gasteiger partial charge >= 0.3 is 5.97 Å². The van der Waals surface area contributed by atoms with E-state index in [1.807, 2.05) is 27.7 Å². The van der Waals surface area contributed by atoms with Crippen LogP contribution in [0.15, 0.2) is 18.2 Å². The Kier molecular flexibility index (Phi) is 8.07. The summed E-state index contributed by atoms with van der Waals surface area (Å²) in [5.74, 6) is -1.39. The minimum absolute atomic E-state index is 0.122. The van der Waals surface area contributed by atoms with Crippen molar-refractivity contribution in [3.05, 3.63) is 29.6 Å². The number of nitrogens with zero attached hydrogens (tertiary/aromatic N) is 1. The molecule has 5 heteroatoms. The van der Waals surface area contributed by atoms with Crippen LogP contribution < -0.4 is 5.32 Å². The molecular weight excluding hydrogens is 271 g/mol. The quantitative estimate of drug-likeness (QED) is 0.829. The van der Waals surface area contributed by atoms with Crippen LogP contribution in [0.3, 0.4) is 0 Å². The summed E-state index contributed by atoms with van der Waals surface area (Å²) in [7, 11) is 1.20. The first-order valence-electron chi connectivity index (χ1n) is 7.09. The predicted molar refractivity (Wildman–Crippen MR) is 81.6 cm³/mol. The maximum atomic E-state index is 13.8. The highest BCUT2D eigenvalue weighted by atomic mass is 19.1. The van der Waals surface area contributed by atoms with Gasteiger partial charge in [0.05, 0.1) is 18.7 Å². The van der Waals surface area contributed by atoms with Crippen LogP contribution in [-0.4, -0.2) is 18.6 Å². The molecule has 0 heterocycles. The van der Waals surface area contributed by atoms with Crippen LogP contribution >= 0.6 is 0 Å². The average molecular weight is 294 g/mol. The maximum Gasteiger partial charge on any atom is 0.340 e. The molecule has 116 valence electrons. The van der Waals surface area contributed by atoms with Crippen molar-refractivity contribution in [2.24, 2.45) is 0 Å². The number of anilines is 1. The Bertz CT molecular complexity index is 505. The Morgan fingerprint density at radius 2 is 1.95 bits per heavy atom. The largest absolute Gasteiger partial charge is 0.465 e. The molecule has 0 unspecified atom stereocenters. The first-order valence-corrected chi connectivity index (χ1v) is 7.09. The number of nitrogens with one attached hydrogen (secondary N) is 1. The van der Waals surface area contributed by atoms with Gasteiger partial charge in [-0.1, -0.05) is 27.7 Å². The molecule has 0 amide bonds. The third-order valence-corrected chi connectivity index (χ3v) is 3.18. The number of esters is 1. The number of carbonyl (C=O) groups is 1. The summed E-state index contributed by atoms with van der Waals surface area (Å²) in [6.07, 6.45) is 1.20. The van der Waals surface area contributed by atoms with Crippen LogP contribution in [-0.2, 0) is 4.74 Å². The number of carbonyl (C=O) groups excluding carboxylic acids is 1. The van der Waals surface area contributed by atoms with Crippen molar-refractivity contribution in [1.82, 2.24) is 0 Å². The van der Waals surface area contributed by atoms with E-state index in [1.165, 1.54) is 19.2 Å². The number of methoxy groups -OCH3 is 1. The highest BCUT2D eigenvalue weighted by Gasteiger charge is 2.25. The van der Waals surface area contributed by atoms with Crippen molar-refractivity contribution in [3.8, 4) is 6.07 Å². The molecule has 0 aliphatic heterocycles. The molecule has 0 aliphatic carbocycles. The molecule has 0 fully saturated rings. The standard InChI is InChI=1S/C14H17FN2O2.C2H6/c1-4-14(5-2,9-16)17-10-6-7-11(12(15)8-10)13(18)19-3;1-2/h6-8,17H,4-5H2,1-3H3;1-2H3. The molecule has 1 aromatic carbocycles. The van der Waals surface area contributed by atoms with Crippen LogP contribution in [0.4, 0.5) is 10.1 Å². The second kappa shape index (κ2) is 8.96. The number of rotatable bonds is 5. The smallest absolute Gasteiger partial charge is 0.340 e. The van der Waals surface area contributed by atoms with E-state index in [-0.39, 0.29) is 5.56 Å². The molecule has 21 heavy (non-hydrogen) atoms. The first-order chi connectivity index (χ1) is 10.0. The Labute approximate surface area is 125 Å². The maximum absolute atomic E-state index is 13.8. The fraction of sp³-hybridized carbons (Fsp3) is 0.500. The molecule has 4 nitrogen and oxygen atoms in total. The summed E-state index contributed by atoms with van der Waals surface area (Å²) in [5, 5.41) is 12.2. The van der Waals surface area contributed by atoms with E-state index in [9.17, 15) is 14.4 Å². The van der Waals surface area contributed by atoms with Crippen molar-refractivity contribution < 1.29 is 13.9 Å². The Morgan fingerprint density at radius 3 is 2.33 bits per heavy atom. The fourth-order valence-corrected chi connectivity index (χ4v) is 1.76. The van der Waals surface area contributed by atoms with Gasteiger partial charge in [0.2, 0.25) is 0 Å². The summed E-state index contributed by atoms with van der Waals surface area (Å²) in [6.45, 7) is 7.78. The van der Waals surface area contributed by atoms with E-state index in [0.717, 1.165) is 0 Å². The highest BCUT2D eigenvalue weighted by molar-refractivity contribution is 5.90. The Morgan fingerprint density at radius 1 is 1.38 bits per heavy atom. The van der Waals surface area contributed by atoms with E-state index < -0.39 is 17.3 Å². The molecular formula is C16H23FN2O2. The average Bonchev–Trinajstić information content (AvgIpc) is 2.54. The third-order valence-electron chi connectivity index (χ3n) is 3.18. The van der Waals surface area contributed by atoms with E-state index in [4.69, 9.17) is 0 Å². The van der Waals surface area contributed by atoms with Gasteiger partial charge in [-0.15, -0.1) is 0 Å². The monoisotopic (exact) mass is 294 g/mol. The van der Waals surface area contributed by atoms with E-state index in [0.29, 0.717) is 18.5 Å². The lowest BCUT2D eigenvalue weighted by atomic mass is 9.94. The van der Waals surface area contributed by atoms with Gasteiger partial charge in [0.15, 0.2) is 0 Å². The van der Waals surface area contributed by atoms with Gasteiger partial charge in [0, 0.05) is 5.69 Å². The zero-order valence-corrected chi connectivity index (χ0v) is 13.3. The van der Waals surface area contributed by atoms with Crippen LogP contribution in [0.25, 0.3) is 0 Å². The lowest BCUT2D eigenvalue weighted by Gasteiger charge is -2.26. The Hall–Kier alpha value is -2.09. The molecule has 0 saturated carbocycles. The van der Waals surface area contributed by atoms with Crippen LogP contribution in [0.2, 0.25) is 0 Å². The van der Waals surface area contributed by atoms with Crippen molar-refractivity contribution >= 4 is 11.7 Å². The van der Waals surface area contributed by atoms with Crippen LogP contribution in [0, 0.1) is 17.1 Å². The molecule has 0 atom stereocenters. The molecule has 0 bridgehead atoms. The highest BCUT2D eigenvalue weighted by Crippen LogP contribution is 2.23. The van der Waals surface area contributed by atoms with Crippen molar-refractivity contribution in [3.63, 3.8) is 0 Å². The first kappa shape index (κ1) is 18.9. The fourth-order valence-electron chi connectivity index (χ4n) is 1.76. The van der Waals surface area contributed by atoms with Crippen molar-refractivity contribution in [2.75, 3.05) is 12.4 Å². The molecule has 0 aromatic heterocycles. The van der Waals surface area contributed by atoms with Gasteiger partial charge in [0.25, 0.3) is 0 Å². The summed E-state index contributed by atoms with van der Waals surface area (Å²) in [5.41, 5.74) is -0.377. The number of halogens is 1. The zero-order chi connectivity index (χ0) is 16.5. The molecule has 0 radical (unpaired) electrons. The lowest BCUT2D eigenvalue weighted by molar-refractivity contribution is 0.0595. The lowest BCUT2D eigenvalue weighted by Crippen LogP contribution is -2.35. The van der Waals surface area contributed by atoms with Gasteiger partial charge in [-0.2, -0.15) is 5.26 Å². The minimum atomic E-state index is -0.723. The minimum Gasteiger partial charge on any atom is -0.465 e. The number of hydrogen-bond donors (Lipinski definition) is 1. The number of ether oxygens (including phenoxy) is 1. The zero-order valence-electron chi connectivity index (χ0n) is 13.3. The summed E-state index contributed by atoms with van der Waals surface area (Å²) >= 11 is 0. The van der Waals surface area contributed by atoms with Gasteiger partial charge in [-0.05, 0) is 31.0 Å². The predicted octanol–water partition coefficient (Wildman–Crippen LogP) is 4.13. The topological polar surface area (TPSA) is 62.1 Å². The number of nitriles is 1. The van der Waals surface area contributed by atoms with Gasteiger partial charge in [-0.3, -0.25) is 0 Å². The van der Waals surface area contributed by atoms with Gasteiger partial charge in [-0.25, -0.2) is 9.18 Å². The summed E-state index contributed by atoms with van der Waals surface area (Å²) in [4.78, 5) is 11.3. The van der Waals surface area contributed by atoms with E-state index >= 15 is 0 Å². The number of hydrogen-bond acceptors (Lipinski definition) is 4. The van der Waals surface area contributed by atoms with Crippen molar-refractivity contribution in [2.45, 2.75) is 46.1 Å². The second-order valence-electron chi connectivity index (χ2n) is 4.21. The molecule has 1 N–H and O–H groups in total. The van der Waals surface area contributed by atoms with Gasteiger partial charge in [0.1, 0.15) is 11.4 Å². The van der Waals surface area contributed by atoms with Crippen molar-refractivity contribution in [1.29, 1.82) is 5.26 Å². The SMILES string of the molecule is CC.CCC(C#N)(CC)Nc1ccc(C(=O)OC)c(F)c1. The van der Waals surface area contributed by atoms with Gasteiger partial charge < -0.3 is 10.1 Å². The molecule has 0 spiro atoms. The molecule has 0 saturated heterocycles. The van der Waals surface area contributed by atoms with Crippen LogP contribution in [0.5, 0.6) is 0 Å². The third kappa shape index (κ3) is 4.75. The molecule has 1 aromatic rings. The molecule has 0 aliphatic rings.